The smallest absolute Gasteiger partial charge is 0.117 e. The van der Waals surface area contributed by atoms with Gasteiger partial charge >= 0.3 is 0 Å². The number of anilines is 1. The Balaban J connectivity index is 2.40. The summed E-state index contributed by atoms with van der Waals surface area (Å²) in [5.74, 6) is 0. The number of rotatable bonds is 0. The van der Waals surface area contributed by atoms with Crippen molar-refractivity contribution in [1.29, 1.82) is 5.26 Å². The molecule has 0 aliphatic carbocycles. The summed E-state index contributed by atoms with van der Waals surface area (Å²) in [4.78, 5) is 2.07. The van der Waals surface area contributed by atoms with E-state index in [9.17, 15) is 0 Å². The van der Waals surface area contributed by atoms with E-state index >= 15 is 0 Å². The largest absolute Gasteiger partial charge is 0.359 e. The van der Waals surface area contributed by atoms with E-state index in [2.05, 4.69) is 29.2 Å². The van der Waals surface area contributed by atoms with Crippen molar-refractivity contribution in [3.63, 3.8) is 0 Å². The van der Waals surface area contributed by atoms with Crippen LogP contribution in [0.25, 0.3) is 0 Å². The molecular weight excluding hydrogens is 160 g/mol. The van der Waals surface area contributed by atoms with Crippen molar-refractivity contribution >= 4 is 5.69 Å². The van der Waals surface area contributed by atoms with Gasteiger partial charge in [-0.1, -0.05) is 18.2 Å². The number of hydrogen-bond donors (Lipinski definition) is 0. The predicted molar refractivity (Wildman–Crippen MR) is 52.6 cm³/mol. The molecule has 1 heterocycles. The standard InChI is InChI=1S/C11H12N2/c1-13-10(8-12)7-6-9-4-2-3-5-11(9)13/h2-5,10H,6-7H2,1H3. The summed E-state index contributed by atoms with van der Waals surface area (Å²) in [5, 5.41) is 8.90. The fraction of sp³-hybridized carbons (Fsp3) is 0.364. The van der Waals surface area contributed by atoms with Crippen molar-refractivity contribution in [2.45, 2.75) is 18.9 Å². The molecule has 0 N–H and O–H groups in total. The van der Waals surface area contributed by atoms with Crippen molar-refractivity contribution in [3.8, 4) is 6.07 Å². The highest BCUT2D eigenvalue weighted by molar-refractivity contribution is 5.56. The first kappa shape index (κ1) is 8.12. The van der Waals surface area contributed by atoms with Crippen LogP contribution in [0.3, 0.4) is 0 Å². The number of fused-ring (bicyclic) bond motifs is 1. The minimum Gasteiger partial charge on any atom is -0.359 e. The molecule has 66 valence electrons. The number of benzene rings is 1. The third kappa shape index (κ3) is 1.27. The topological polar surface area (TPSA) is 27.0 Å². The van der Waals surface area contributed by atoms with Crippen LogP contribution in [0, 0.1) is 11.3 Å². The van der Waals surface area contributed by atoms with Gasteiger partial charge in [0.25, 0.3) is 0 Å². The monoisotopic (exact) mass is 172 g/mol. The molecule has 13 heavy (non-hydrogen) atoms. The molecule has 0 amide bonds. The molecule has 0 aromatic heterocycles. The third-order valence-corrected chi connectivity index (χ3v) is 2.68. The highest BCUT2D eigenvalue weighted by Gasteiger charge is 2.21. The molecule has 0 fully saturated rings. The van der Waals surface area contributed by atoms with Crippen LogP contribution in [-0.4, -0.2) is 13.1 Å². The van der Waals surface area contributed by atoms with Gasteiger partial charge in [0.15, 0.2) is 0 Å². The van der Waals surface area contributed by atoms with Crippen LogP contribution in [0.4, 0.5) is 5.69 Å². The van der Waals surface area contributed by atoms with Crippen molar-refractivity contribution in [1.82, 2.24) is 0 Å². The fourth-order valence-corrected chi connectivity index (χ4v) is 1.87. The van der Waals surface area contributed by atoms with Crippen LogP contribution in [0.5, 0.6) is 0 Å². The SMILES string of the molecule is CN1c2ccccc2CCC1C#N. The highest BCUT2D eigenvalue weighted by atomic mass is 15.1. The lowest BCUT2D eigenvalue weighted by molar-refractivity contribution is 0.654. The number of hydrogen-bond acceptors (Lipinski definition) is 2. The van der Waals surface area contributed by atoms with Gasteiger partial charge < -0.3 is 4.90 Å². The van der Waals surface area contributed by atoms with E-state index in [1.807, 2.05) is 13.1 Å². The Bertz CT molecular complexity index is 351. The van der Waals surface area contributed by atoms with Crippen LogP contribution in [-0.2, 0) is 6.42 Å². The summed E-state index contributed by atoms with van der Waals surface area (Å²) >= 11 is 0. The average Bonchev–Trinajstić information content (AvgIpc) is 2.19. The predicted octanol–water partition coefficient (Wildman–Crippen LogP) is 1.96. The summed E-state index contributed by atoms with van der Waals surface area (Å²) in [5.41, 5.74) is 2.57. The second-order valence-electron chi connectivity index (χ2n) is 3.42. The van der Waals surface area contributed by atoms with Crippen LogP contribution in [0.2, 0.25) is 0 Å². The van der Waals surface area contributed by atoms with Gasteiger partial charge in [-0.3, -0.25) is 0 Å². The lowest BCUT2D eigenvalue weighted by Crippen LogP contribution is -2.34. The average molecular weight is 172 g/mol. The van der Waals surface area contributed by atoms with Gasteiger partial charge in [-0.05, 0) is 24.5 Å². The van der Waals surface area contributed by atoms with Gasteiger partial charge in [-0.2, -0.15) is 5.26 Å². The van der Waals surface area contributed by atoms with Gasteiger partial charge in [0.05, 0.1) is 6.07 Å². The first-order valence-electron chi connectivity index (χ1n) is 4.53. The Morgan fingerprint density at radius 3 is 3.00 bits per heavy atom. The van der Waals surface area contributed by atoms with Gasteiger partial charge in [0.2, 0.25) is 0 Å². The van der Waals surface area contributed by atoms with Crippen LogP contribution in [0.1, 0.15) is 12.0 Å². The Kier molecular flexibility index (Phi) is 1.94. The number of nitrogens with zero attached hydrogens (tertiary/aromatic N) is 2. The van der Waals surface area contributed by atoms with Gasteiger partial charge in [0, 0.05) is 12.7 Å². The minimum atomic E-state index is 0.0508. The van der Waals surface area contributed by atoms with E-state index in [0.717, 1.165) is 12.8 Å². The second kappa shape index (κ2) is 3.10. The van der Waals surface area contributed by atoms with Gasteiger partial charge in [-0.15, -0.1) is 0 Å². The van der Waals surface area contributed by atoms with E-state index < -0.39 is 0 Å². The summed E-state index contributed by atoms with van der Waals surface area (Å²) in [6.07, 6.45) is 1.97. The zero-order chi connectivity index (χ0) is 9.26. The molecule has 1 aliphatic heterocycles. The van der Waals surface area contributed by atoms with Gasteiger partial charge in [0.1, 0.15) is 6.04 Å². The first-order chi connectivity index (χ1) is 6.33. The lowest BCUT2D eigenvalue weighted by Gasteiger charge is -2.31. The molecule has 1 unspecified atom stereocenters. The number of nitriles is 1. The molecule has 2 nitrogen and oxygen atoms in total. The maximum Gasteiger partial charge on any atom is 0.117 e. The molecule has 1 atom stereocenters. The maximum absolute atomic E-state index is 8.90. The van der Waals surface area contributed by atoms with Crippen LogP contribution >= 0.6 is 0 Å². The molecular formula is C11H12N2. The minimum absolute atomic E-state index is 0.0508. The Hall–Kier alpha value is -1.49. The zero-order valence-electron chi connectivity index (χ0n) is 7.70. The molecule has 2 rings (SSSR count). The zero-order valence-corrected chi connectivity index (χ0v) is 7.70. The van der Waals surface area contributed by atoms with E-state index in [-0.39, 0.29) is 6.04 Å². The summed E-state index contributed by atoms with van der Waals surface area (Å²) < 4.78 is 0. The summed E-state index contributed by atoms with van der Waals surface area (Å²) in [6.45, 7) is 0. The Morgan fingerprint density at radius 1 is 1.46 bits per heavy atom. The highest BCUT2D eigenvalue weighted by Crippen LogP contribution is 2.28. The molecule has 1 aromatic rings. The Labute approximate surface area is 78.4 Å². The van der Waals surface area contributed by atoms with Crippen molar-refractivity contribution in [3.05, 3.63) is 29.8 Å². The first-order valence-corrected chi connectivity index (χ1v) is 4.53. The van der Waals surface area contributed by atoms with E-state index in [0.29, 0.717) is 0 Å². The van der Waals surface area contributed by atoms with Crippen molar-refractivity contribution < 1.29 is 0 Å². The van der Waals surface area contributed by atoms with Gasteiger partial charge in [-0.25, -0.2) is 0 Å². The van der Waals surface area contributed by atoms with E-state index in [4.69, 9.17) is 5.26 Å². The second-order valence-corrected chi connectivity index (χ2v) is 3.42. The van der Waals surface area contributed by atoms with E-state index in [1.165, 1.54) is 11.3 Å². The van der Waals surface area contributed by atoms with Crippen molar-refractivity contribution in [2.24, 2.45) is 0 Å². The molecule has 0 bridgehead atoms. The molecule has 0 spiro atoms. The molecule has 0 radical (unpaired) electrons. The summed E-state index contributed by atoms with van der Waals surface area (Å²) in [6, 6.07) is 10.7. The molecule has 1 aliphatic rings. The lowest BCUT2D eigenvalue weighted by atomic mass is 9.97. The van der Waals surface area contributed by atoms with Crippen LogP contribution in [0.15, 0.2) is 24.3 Å². The third-order valence-electron chi connectivity index (χ3n) is 2.68. The normalized spacial score (nSPS) is 20.6. The fourth-order valence-electron chi connectivity index (χ4n) is 1.87. The quantitative estimate of drug-likeness (QED) is 0.598. The van der Waals surface area contributed by atoms with Crippen molar-refractivity contribution in [2.75, 3.05) is 11.9 Å². The summed E-state index contributed by atoms with van der Waals surface area (Å²) in [7, 11) is 1.99. The molecule has 0 saturated carbocycles. The maximum atomic E-state index is 8.90. The van der Waals surface area contributed by atoms with Crippen LogP contribution < -0.4 is 4.90 Å². The molecule has 1 aromatic carbocycles. The molecule has 2 heteroatoms. The Morgan fingerprint density at radius 2 is 2.23 bits per heavy atom. The van der Waals surface area contributed by atoms with E-state index in [1.54, 1.807) is 0 Å². The number of aryl methyl sites for hydroxylation is 1. The molecule has 0 saturated heterocycles. The number of para-hydroxylation sites is 1.